The second kappa shape index (κ2) is 12.6. The Kier molecular flexibility index (Phi) is 9.50. The van der Waals surface area contributed by atoms with Crippen LogP contribution in [0.3, 0.4) is 0 Å². The van der Waals surface area contributed by atoms with Gasteiger partial charge in [0.15, 0.2) is 0 Å². The number of thioether (sulfide) groups is 1. The molecule has 0 bridgehead atoms. The van der Waals surface area contributed by atoms with E-state index in [-0.39, 0.29) is 10.8 Å². The van der Waals surface area contributed by atoms with E-state index in [0.29, 0.717) is 31.9 Å². The van der Waals surface area contributed by atoms with Gasteiger partial charge in [0.05, 0.1) is 4.90 Å². The first kappa shape index (κ1) is 25.0. The molecule has 0 spiro atoms. The minimum Gasteiger partial charge on any atom is -0.382 e. The molecule has 3 aromatic rings. The summed E-state index contributed by atoms with van der Waals surface area (Å²) >= 11 is 1.46. The van der Waals surface area contributed by atoms with Crippen LogP contribution in [0.15, 0.2) is 94.7 Å². The van der Waals surface area contributed by atoms with Crippen molar-refractivity contribution in [3.63, 3.8) is 0 Å². The lowest BCUT2D eigenvalue weighted by Crippen LogP contribution is -2.25. The minimum atomic E-state index is -3.62. The van der Waals surface area contributed by atoms with E-state index < -0.39 is 15.3 Å². The van der Waals surface area contributed by atoms with Gasteiger partial charge in [0.25, 0.3) is 0 Å². The highest BCUT2D eigenvalue weighted by Gasteiger charge is 2.22. The third-order valence-electron chi connectivity index (χ3n) is 4.73. The second-order valence-corrected chi connectivity index (χ2v) is 10.1. The van der Waals surface area contributed by atoms with Gasteiger partial charge >= 0.3 is 0 Å². The molecule has 0 aliphatic carbocycles. The summed E-state index contributed by atoms with van der Waals surface area (Å²) < 4.78 is 32.7. The maximum absolute atomic E-state index is 13.2. The summed E-state index contributed by atoms with van der Waals surface area (Å²) in [7, 11) is -3.62. The number of benzene rings is 3. The van der Waals surface area contributed by atoms with Crippen molar-refractivity contribution in [2.75, 3.05) is 25.1 Å². The molecule has 33 heavy (non-hydrogen) atoms. The van der Waals surface area contributed by atoms with Crippen LogP contribution in [0.5, 0.6) is 0 Å². The van der Waals surface area contributed by atoms with Crippen molar-refractivity contribution in [2.45, 2.75) is 28.4 Å². The van der Waals surface area contributed by atoms with Crippen molar-refractivity contribution in [3.8, 4) is 0 Å². The molecule has 0 heterocycles. The smallest absolute Gasteiger partial charge is 0.242 e. The fraction of sp³-hybridized carbons (Fsp3) is 0.240. The van der Waals surface area contributed by atoms with Crippen molar-refractivity contribution >= 4 is 33.4 Å². The van der Waals surface area contributed by atoms with Crippen LogP contribution in [-0.4, -0.2) is 34.1 Å². The van der Waals surface area contributed by atoms with E-state index in [2.05, 4.69) is 10.0 Å². The highest BCUT2D eigenvalue weighted by molar-refractivity contribution is 8.00. The molecule has 2 N–H and O–H groups in total. The van der Waals surface area contributed by atoms with Gasteiger partial charge in [-0.05, 0) is 55.3 Å². The average Bonchev–Trinajstić information content (AvgIpc) is 2.84. The Morgan fingerprint density at radius 3 is 2.21 bits per heavy atom. The maximum atomic E-state index is 13.2. The Bertz CT molecular complexity index is 1110. The lowest BCUT2D eigenvalue weighted by atomic mass is 10.1. The molecule has 3 rings (SSSR count). The molecule has 3 aromatic carbocycles. The van der Waals surface area contributed by atoms with E-state index in [1.54, 1.807) is 12.1 Å². The molecular formula is C25H28N2O4S2. The van der Waals surface area contributed by atoms with Crippen LogP contribution in [0.1, 0.15) is 24.2 Å². The molecule has 1 atom stereocenters. The fourth-order valence-corrected chi connectivity index (χ4v) is 5.19. The predicted octanol–water partition coefficient (Wildman–Crippen LogP) is 4.86. The zero-order chi connectivity index (χ0) is 23.5. The van der Waals surface area contributed by atoms with Crippen LogP contribution < -0.4 is 10.0 Å². The first-order valence-electron chi connectivity index (χ1n) is 10.7. The Morgan fingerprint density at radius 2 is 1.58 bits per heavy atom. The van der Waals surface area contributed by atoms with E-state index in [9.17, 15) is 13.2 Å². The van der Waals surface area contributed by atoms with Gasteiger partial charge in [-0.2, -0.15) is 0 Å². The standard InChI is InChI=1S/C25H28N2O4S2/c1-2-31-19-9-18-26-33(29,30)23-16-14-21(15-17-23)27-25(28)24(20-10-5-3-6-11-20)32-22-12-7-4-8-13-22/h3-8,10-17,24,26H,2,9,18-19H2,1H3,(H,27,28)/t24-/m0/s1. The molecule has 8 heteroatoms. The molecule has 0 fully saturated rings. The van der Waals surface area contributed by atoms with Gasteiger partial charge in [0.2, 0.25) is 15.9 Å². The van der Waals surface area contributed by atoms with Crippen LogP contribution in [0.2, 0.25) is 0 Å². The molecule has 0 aliphatic heterocycles. The van der Waals surface area contributed by atoms with Gasteiger partial charge < -0.3 is 10.1 Å². The first-order valence-corrected chi connectivity index (χ1v) is 13.1. The van der Waals surface area contributed by atoms with Gasteiger partial charge in [-0.25, -0.2) is 13.1 Å². The zero-order valence-electron chi connectivity index (χ0n) is 18.4. The molecule has 0 saturated heterocycles. The average molecular weight is 485 g/mol. The normalized spacial score (nSPS) is 12.3. The number of nitrogens with one attached hydrogen (secondary N) is 2. The minimum absolute atomic E-state index is 0.148. The van der Waals surface area contributed by atoms with Gasteiger partial charge in [-0.15, -0.1) is 11.8 Å². The van der Waals surface area contributed by atoms with Crippen LogP contribution in [-0.2, 0) is 19.6 Å². The molecular weight excluding hydrogens is 456 g/mol. The number of carbonyl (C=O) groups is 1. The molecule has 1 amide bonds. The first-order chi connectivity index (χ1) is 16.0. The number of rotatable bonds is 12. The lowest BCUT2D eigenvalue weighted by Gasteiger charge is -2.17. The molecule has 0 saturated carbocycles. The third kappa shape index (κ3) is 7.71. The summed E-state index contributed by atoms with van der Waals surface area (Å²) in [6, 6.07) is 25.5. The highest BCUT2D eigenvalue weighted by atomic mass is 32.2. The van der Waals surface area contributed by atoms with Crippen molar-refractivity contribution in [3.05, 3.63) is 90.5 Å². The van der Waals surface area contributed by atoms with Crippen molar-refractivity contribution < 1.29 is 17.9 Å². The highest BCUT2D eigenvalue weighted by Crippen LogP contribution is 2.36. The third-order valence-corrected chi connectivity index (χ3v) is 7.47. The molecule has 174 valence electrons. The SMILES string of the molecule is CCOCCCNS(=O)(=O)c1ccc(NC(=O)[C@@H](Sc2ccccc2)c2ccccc2)cc1. The van der Waals surface area contributed by atoms with E-state index in [1.165, 1.54) is 23.9 Å². The zero-order valence-corrected chi connectivity index (χ0v) is 20.1. The van der Waals surface area contributed by atoms with Crippen LogP contribution >= 0.6 is 11.8 Å². The molecule has 0 unspecified atom stereocenters. The van der Waals surface area contributed by atoms with Crippen LogP contribution in [0, 0.1) is 0 Å². The second-order valence-electron chi connectivity index (χ2n) is 7.18. The molecule has 0 aliphatic rings. The Labute approximate surface area is 199 Å². The Hall–Kier alpha value is -2.65. The van der Waals surface area contributed by atoms with E-state index in [0.717, 1.165) is 10.5 Å². The predicted molar refractivity (Wildman–Crippen MR) is 133 cm³/mol. The summed E-state index contributed by atoms with van der Waals surface area (Å²) in [5, 5.41) is 2.46. The van der Waals surface area contributed by atoms with Gasteiger partial charge in [0, 0.05) is 30.3 Å². The van der Waals surface area contributed by atoms with Crippen LogP contribution in [0.4, 0.5) is 5.69 Å². The number of sulfonamides is 1. The van der Waals surface area contributed by atoms with E-state index >= 15 is 0 Å². The number of carbonyl (C=O) groups excluding carboxylic acids is 1. The van der Waals surface area contributed by atoms with Crippen molar-refractivity contribution in [1.82, 2.24) is 4.72 Å². The van der Waals surface area contributed by atoms with Gasteiger partial charge in [-0.3, -0.25) is 4.79 Å². The quantitative estimate of drug-likeness (QED) is 0.283. The van der Waals surface area contributed by atoms with Gasteiger partial charge in [0.1, 0.15) is 5.25 Å². The van der Waals surface area contributed by atoms with E-state index in [1.807, 2.05) is 67.6 Å². The van der Waals surface area contributed by atoms with Crippen LogP contribution in [0.25, 0.3) is 0 Å². The largest absolute Gasteiger partial charge is 0.382 e. The number of hydrogen-bond acceptors (Lipinski definition) is 5. The number of amides is 1. The Balaban J connectivity index is 1.67. The fourth-order valence-electron chi connectivity index (χ4n) is 3.07. The monoisotopic (exact) mass is 484 g/mol. The number of hydrogen-bond donors (Lipinski definition) is 2. The number of anilines is 1. The summed E-state index contributed by atoms with van der Waals surface area (Å²) in [5.74, 6) is -0.181. The Morgan fingerprint density at radius 1 is 0.939 bits per heavy atom. The summed E-state index contributed by atoms with van der Waals surface area (Å²) in [6.45, 7) is 3.31. The summed E-state index contributed by atoms with van der Waals surface area (Å²) in [6.07, 6.45) is 0.598. The molecule has 6 nitrogen and oxygen atoms in total. The van der Waals surface area contributed by atoms with Gasteiger partial charge in [-0.1, -0.05) is 48.5 Å². The topological polar surface area (TPSA) is 84.5 Å². The molecule has 0 radical (unpaired) electrons. The maximum Gasteiger partial charge on any atom is 0.242 e. The van der Waals surface area contributed by atoms with Crippen molar-refractivity contribution in [1.29, 1.82) is 0 Å². The lowest BCUT2D eigenvalue weighted by molar-refractivity contribution is -0.115. The molecule has 0 aromatic heterocycles. The summed E-state index contributed by atoms with van der Waals surface area (Å²) in [5.41, 5.74) is 1.42. The number of ether oxygens (including phenoxy) is 1. The summed E-state index contributed by atoms with van der Waals surface area (Å²) in [4.78, 5) is 14.3. The van der Waals surface area contributed by atoms with Crippen molar-refractivity contribution in [2.24, 2.45) is 0 Å². The van der Waals surface area contributed by atoms with E-state index in [4.69, 9.17) is 4.74 Å².